The zero-order valence-corrected chi connectivity index (χ0v) is 13.9. The fourth-order valence-corrected chi connectivity index (χ4v) is 3.44. The van der Waals surface area contributed by atoms with E-state index in [1.54, 1.807) is 0 Å². The van der Waals surface area contributed by atoms with E-state index in [9.17, 15) is 0 Å². The van der Waals surface area contributed by atoms with Crippen molar-refractivity contribution in [3.8, 4) is 0 Å². The molecule has 0 aliphatic carbocycles. The Kier molecular flexibility index (Phi) is 4.57. The predicted octanol–water partition coefficient (Wildman–Crippen LogP) is 3.03. The minimum absolute atomic E-state index is 0.702. The first-order chi connectivity index (χ1) is 10.6. The van der Waals surface area contributed by atoms with Crippen molar-refractivity contribution in [1.82, 2.24) is 19.7 Å². The van der Waals surface area contributed by atoms with Crippen molar-refractivity contribution in [1.29, 1.82) is 0 Å². The summed E-state index contributed by atoms with van der Waals surface area (Å²) in [5.41, 5.74) is 5.19. The Morgan fingerprint density at radius 3 is 2.91 bits per heavy atom. The molecule has 0 aromatic carbocycles. The zero-order chi connectivity index (χ0) is 15.5. The molecule has 22 heavy (non-hydrogen) atoms. The van der Waals surface area contributed by atoms with Crippen molar-refractivity contribution in [3.05, 3.63) is 47.0 Å². The molecular weight excluding hydrogens is 272 g/mol. The fourth-order valence-electron chi connectivity index (χ4n) is 3.44. The number of hydrogen-bond donors (Lipinski definition) is 0. The van der Waals surface area contributed by atoms with Gasteiger partial charge in [0.15, 0.2) is 0 Å². The number of aromatic nitrogens is 3. The molecule has 1 aliphatic rings. The van der Waals surface area contributed by atoms with Gasteiger partial charge in [-0.15, -0.1) is 0 Å². The first-order valence-corrected chi connectivity index (χ1v) is 8.26. The Balaban J connectivity index is 1.60. The molecule has 0 unspecified atom stereocenters. The minimum Gasteiger partial charge on any atom is -0.296 e. The van der Waals surface area contributed by atoms with Crippen molar-refractivity contribution in [3.63, 3.8) is 0 Å². The van der Waals surface area contributed by atoms with E-state index in [-0.39, 0.29) is 0 Å². The van der Waals surface area contributed by atoms with Crippen LogP contribution >= 0.6 is 0 Å². The molecular formula is C18H26N4. The Morgan fingerprint density at radius 2 is 2.18 bits per heavy atom. The molecule has 4 heteroatoms. The Morgan fingerprint density at radius 1 is 1.32 bits per heavy atom. The molecule has 0 spiro atoms. The van der Waals surface area contributed by atoms with Crippen molar-refractivity contribution < 1.29 is 0 Å². The molecule has 1 fully saturated rings. The highest BCUT2D eigenvalue weighted by molar-refractivity contribution is 5.17. The zero-order valence-electron chi connectivity index (χ0n) is 13.9. The van der Waals surface area contributed by atoms with Gasteiger partial charge in [-0.2, -0.15) is 5.10 Å². The number of pyridine rings is 1. The summed E-state index contributed by atoms with van der Waals surface area (Å²) >= 11 is 0. The van der Waals surface area contributed by atoms with Crippen LogP contribution in [0.15, 0.2) is 24.5 Å². The molecule has 118 valence electrons. The molecule has 0 N–H and O–H groups in total. The highest BCUT2D eigenvalue weighted by atomic mass is 15.3. The molecule has 3 heterocycles. The summed E-state index contributed by atoms with van der Waals surface area (Å²) in [6, 6.07) is 5.07. The van der Waals surface area contributed by atoms with Crippen LogP contribution in [0.5, 0.6) is 0 Å². The van der Waals surface area contributed by atoms with E-state index in [1.807, 2.05) is 24.1 Å². The predicted molar refractivity (Wildman–Crippen MR) is 88.7 cm³/mol. The van der Waals surface area contributed by atoms with Crippen LogP contribution in [0.3, 0.4) is 0 Å². The highest BCUT2D eigenvalue weighted by Crippen LogP contribution is 2.24. The maximum Gasteiger partial charge on any atom is 0.0537 e. The van der Waals surface area contributed by atoms with Crippen LogP contribution < -0.4 is 0 Å². The summed E-state index contributed by atoms with van der Waals surface area (Å²) in [6.45, 7) is 6.48. The number of likely N-dealkylation sites (tertiary alicyclic amines) is 1. The van der Waals surface area contributed by atoms with Crippen molar-refractivity contribution >= 4 is 0 Å². The van der Waals surface area contributed by atoms with E-state index in [0.29, 0.717) is 6.04 Å². The van der Waals surface area contributed by atoms with Crippen LogP contribution in [0.4, 0.5) is 0 Å². The second-order valence-corrected chi connectivity index (χ2v) is 6.49. The highest BCUT2D eigenvalue weighted by Gasteiger charge is 2.25. The van der Waals surface area contributed by atoms with E-state index in [1.165, 1.54) is 42.6 Å². The van der Waals surface area contributed by atoms with Gasteiger partial charge in [0.2, 0.25) is 0 Å². The van der Waals surface area contributed by atoms with E-state index in [2.05, 4.69) is 41.0 Å². The lowest BCUT2D eigenvalue weighted by Gasteiger charge is -2.24. The van der Waals surface area contributed by atoms with Gasteiger partial charge < -0.3 is 0 Å². The Bertz CT molecular complexity index is 632. The summed E-state index contributed by atoms with van der Waals surface area (Å²) in [7, 11) is 2.02. The average Bonchev–Trinajstić information content (AvgIpc) is 3.07. The lowest BCUT2D eigenvalue weighted by molar-refractivity contribution is 0.234. The molecule has 1 saturated heterocycles. The molecule has 1 aliphatic heterocycles. The number of aryl methyl sites for hydroxylation is 3. The molecule has 0 bridgehead atoms. The smallest absolute Gasteiger partial charge is 0.0537 e. The molecule has 0 radical (unpaired) electrons. The number of rotatable bonds is 5. The van der Waals surface area contributed by atoms with E-state index in [0.717, 1.165) is 18.7 Å². The second-order valence-electron chi connectivity index (χ2n) is 6.49. The van der Waals surface area contributed by atoms with Gasteiger partial charge in [0, 0.05) is 42.8 Å². The van der Waals surface area contributed by atoms with Crippen molar-refractivity contribution in [2.45, 2.75) is 52.1 Å². The molecule has 2 aromatic heterocycles. The van der Waals surface area contributed by atoms with Gasteiger partial charge >= 0.3 is 0 Å². The summed E-state index contributed by atoms with van der Waals surface area (Å²) in [5, 5.41) is 4.37. The number of hydrogen-bond acceptors (Lipinski definition) is 3. The third-order valence-electron chi connectivity index (χ3n) is 4.94. The third-order valence-corrected chi connectivity index (χ3v) is 4.94. The standard InChI is InChI=1S/C18H26N4/c1-14-11-16(8-9-19-14)6-7-18-5-4-10-22(18)13-17-12-20-21(3)15(17)2/h8-9,11-12,18H,4-7,10,13H2,1-3H3/t18-/m0/s1. The van der Waals surface area contributed by atoms with Crippen LogP contribution in [0.25, 0.3) is 0 Å². The maximum absolute atomic E-state index is 4.37. The largest absolute Gasteiger partial charge is 0.296 e. The minimum atomic E-state index is 0.702. The quantitative estimate of drug-likeness (QED) is 0.851. The van der Waals surface area contributed by atoms with Crippen LogP contribution in [-0.2, 0) is 20.0 Å². The van der Waals surface area contributed by atoms with Crippen LogP contribution in [0.1, 0.15) is 41.8 Å². The molecule has 3 rings (SSSR count). The van der Waals surface area contributed by atoms with Gasteiger partial charge in [0.25, 0.3) is 0 Å². The van der Waals surface area contributed by atoms with Crippen LogP contribution in [0, 0.1) is 13.8 Å². The van der Waals surface area contributed by atoms with Gasteiger partial charge in [-0.3, -0.25) is 14.6 Å². The van der Waals surface area contributed by atoms with Crippen molar-refractivity contribution in [2.24, 2.45) is 7.05 Å². The lowest BCUT2D eigenvalue weighted by atomic mass is 10.0. The lowest BCUT2D eigenvalue weighted by Crippen LogP contribution is -2.29. The van der Waals surface area contributed by atoms with Gasteiger partial charge in [0.1, 0.15) is 0 Å². The molecule has 1 atom stereocenters. The first-order valence-electron chi connectivity index (χ1n) is 8.26. The fraction of sp³-hybridized carbons (Fsp3) is 0.556. The van der Waals surface area contributed by atoms with Gasteiger partial charge in [0.05, 0.1) is 6.20 Å². The Hall–Kier alpha value is -1.68. The van der Waals surface area contributed by atoms with Gasteiger partial charge in [-0.25, -0.2) is 0 Å². The van der Waals surface area contributed by atoms with Crippen LogP contribution in [-0.4, -0.2) is 32.3 Å². The topological polar surface area (TPSA) is 34.0 Å². The second kappa shape index (κ2) is 6.61. The summed E-state index contributed by atoms with van der Waals surface area (Å²) in [6.07, 6.45) is 8.98. The normalized spacial score (nSPS) is 19.0. The van der Waals surface area contributed by atoms with Crippen LogP contribution in [0.2, 0.25) is 0 Å². The van der Waals surface area contributed by atoms with E-state index in [4.69, 9.17) is 0 Å². The molecule has 4 nitrogen and oxygen atoms in total. The first kappa shape index (κ1) is 15.2. The van der Waals surface area contributed by atoms with E-state index < -0.39 is 0 Å². The number of nitrogens with zero attached hydrogens (tertiary/aromatic N) is 4. The summed E-state index contributed by atoms with van der Waals surface area (Å²) < 4.78 is 1.97. The maximum atomic E-state index is 4.37. The monoisotopic (exact) mass is 298 g/mol. The van der Waals surface area contributed by atoms with Gasteiger partial charge in [-0.1, -0.05) is 0 Å². The van der Waals surface area contributed by atoms with E-state index >= 15 is 0 Å². The average molecular weight is 298 g/mol. The summed E-state index contributed by atoms with van der Waals surface area (Å²) in [5.74, 6) is 0. The third kappa shape index (κ3) is 3.38. The summed E-state index contributed by atoms with van der Waals surface area (Å²) in [4.78, 5) is 6.92. The molecule has 2 aromatic rings. The molecule has 0 amide bonds. The van der Waals surface area contributed by atoms with Crippen molar-refractivity contribution in [2.75, 3.05) is 6.54 Å². The van der Waals surface area contributed by atoms with Gasteiger partial charge in [-0.05, 0) is 63.8 Å². The molecule has 0 saturated carbocycles. The Labute approximate surface area is 133 Å². The SMILES string of the molecule is Cc1cc(CC[C@@H]2CCCN2Cc2cnn(C)c2C)ccn1.